The van der Waals surface area contributed by atoms with Gasteiger partial charge in [-0.2, -0.15) is 0 Å². The molecule has 4 N–H and O–H groups in total. The lowest BCUT2D eigenvalue weighted by molar-refractivity contribution is -0.121. The molecule has 1 heterocycles. The van der Waals surface area contributed by atoms with E-state index in [1.54, 1.807) is 7.11 Å². The fourth-order valence-electron chi connectivity index (χ4n) is 5.73. The Balaban J connectivity index is 1.77. The van der Waals surface area contributed by atoms with Gasteiger partial charge in [0.2, 0.25) is 11.3 Å². The van der Waals surface area contributed by atoms with Crippen LogP contribution in [-0.2, 0) is 4.79 Å². The number of anilines is 3. The Hall–Kier alpha value is -4.28. The first-order valence-electron chi connectivity index (χ1n) is 16.1. The Bertz CT molecular complexity index is 1670. The maximum Gasteiger partial charge on any atom is 0.220 e. The summed E-state index contributed by atoms with van der Waals surface area (Å²) < 4.78 is 14.8. The predicted octanol–water partition coefficient (Wildman–Crippen LogP) is 3.65. The molecule has 1 aliphatic heterocycles. The van der Waals surface area contributed by atoms with Crippen LogP contribution in [0.15, 0.2) is 52.9 Å². The summed E-state index contributed by atoms with van der Waals surface area (Å²) in [6.07, 6.45) is 1.21. The predicted molar refractivity (Wildman–Crippen MR) is 193 cm³/mol. The van der Waals surface area contributed by atoms with Gasteiger partial charge < -0.3 is 40.2 Å². The molecule has 0 spiro atoms. The molecule has 2 aliphatic rings. The van der Waals surface area contributed by atoms with Crippen LogP contribution in [0.2, 0.25) is 0 Å². The van der Waals surface area contributed by atoms with Crippen LogP contribution in [-0.4, -0.2) is 94.6 Å². The number of benzene rings is 3. The zero-order chi connectivity index (χ0) is 33.4. The molecule has 0 bridgehead atoms. The molecule has 2 aromatic carbocycles. The largest absolute Gasteiger partial charge is 0.496 e. The van der Waals surface area contributed by atoms with Crippen molar-refractivity contribution in [2.24, 2.45) is 5.73 Å². The highest BCUT2D eigenvalue weighted by atomic mass is 16.5. The molecule has 46 heavy (non-hydrogen) atoms. The minimum Gasteiger partial charge on any atom is -0.496 e. The van der Waals surface area contributed by atoms with Crippen molar-refractivity contribution in [3.8, 4) is 28.2 Å². The second kappa shape index (κ2) is 15.8. The highest BCUT2D eigenvalue weighted by Gasteiger charge is 2.24. The van der Waals surface area contributed by atoms with Gasteiger partial charge >= 0.3 is 0 Å². The normalized spacial score (nSPS) is 11.2. The van der Waals surface area contributed by atoms with Crippen molar-refractivity contribution < 1.29 is 13.9 Å². The molecule has 1 amide bonds. The molecular formula is C36H52N7O3+. The maximum absolute atomic E-state index is 12.5. The van der Waals surface area contributed by atoms with Crippen LogP contribution < -0.4 is 45.7 Å². The Labute approximate surface area is 273 Å². The molecule has 2 aromatic rings. The zero-order valence-electron chi connectivity index (χ0n) is 28.9. The number of nitrogens with zero attached hydrogens (tertiary/aromatic N) is 4. The van der Waals surface area contributed by atoms with E-state index in [1.807, 2.05) is 28.2 Å². The van der Waals surface area contributed by atoms with Crippen LogP contribution in [0.1, 0.15) is 19.8 Å². The van der Waals surface area contributed by atoms with E-state index < -0.39 is 0 Å². The summed E-state index contributed by atoms with van der Waals surface area (Å²) in [4.78, 5) is 19.0. The van der Waals surface area contributed by atoms with Crippen molar-refractivity contribution in [2.75, 3.05) is 103 Å². The lowest BCUT2D eigenvalue weighted by Gasteiger charge is -2.30. The maximum atomic E-state index is 12.5. The van der Waals surface area contributed by atoms with E-state index in [2.05, 4.69) is 99.5 Å². The lowest BCUT2D eigenvalue weighted by Crippen LogP contribution is -2.34. The number of carbonyl (C=O) groups is 1. The quantitative estimate of drug-likeness (QED) is 0.104. The van der Waals surface area contributed by atoms with Gasteiger partial charge in [-0.05, 0) is 37.6 Å². The van der Waals surface area contributed by atoms with Crippen molar-refractivity contribution in [3.05, 3.63) is 53.9 Å². The number of methoxy groups -OCH3 is 1. The Kier molecular flexibility index (Phi) is 11.9. The number of carbonyl (C=O) groups excluding carboxylic acids is 1. The summed E-state index contributed by atoms with van der Waals surface area (Å²) in [5.74, 6) is 1.66. The van der Waals surface area contributed by atoms with Crippen molar-refractivity contribution in [2.45, 2.75) is 19.8 Å². The van der Waals surface area contributed by atoms with E-state index in [4.69, 9.17) is 14.9 Å². The molecular weight excluding hydrogens is 578 g/mol. The molecule has 1 aliphatic carbocycles. The number of hydrogen-bond donors (Lipinski definition) is 3. The second-order valence-corrected chi connectivity index (χ2v) is 12.1. The van der Waals surface area contributed by atoms with E-state index in [9.17, 15) is 4.79 Å². The summed E-state index contributed by atoms with van der Waals surface area (Å²) in [6, 6.07) is 17.1. The van der Waals surface area contributed by atoms with Gasteiger partial charge in [0.05, 0.1) is 24.6 Å². The molecule has 0 fully saturated rings. The number of fused-ring (bicyclic) bond motifs is 2. The van der Waals surface area contributed by atoms with Crippen molar-refractivity contribution in [3.63, 3.8) is 0 Å². The smallest absolute Gasteiger partial charge is 0.220 e. The molecule has 0 unspecified atom stereocenters. The standard InChI is InChI=1S/C36H51N7O3/c1-9-43(20-10-11-35(44)39-19-18-38-17-16-37)31-24-32(45-8)29(23-30(31)42(6)7)36-27-14-12-25(40(2)3)21-33(27)46-34-22-26(41(4)5)13-15-28(34)36/h12-15,21-24,38H,9-11,16-20,37H2,1-8H3/p+1. The topological polar surface area (TPSA) is 102 Å². The Morgan fingerprint density at radius 3 is 2.37 bits per heavy atom. The van der Waals surface area contributed by atoms with Crippen LogP contribution >= 0.6 is 0 Å². The Morgan fingerprint density at radius 2 is 1.72 bits per heavy atom. The van der Waals surface area contributed by atoms with Crippen LogP contribution in [0.4, 0.5) is 17.1 Å². The first-order valence-corrected chi connectivity index (χ1v) is 16.1. The van der Waals surface area contributed by atoms with Crippen LogP contribution in [0.25, 0.3) is 33.4 Å². The third kappa shape index (κ3) is 7.92. The molecule has 0 radical (unpaired) electrons. The van der Waals surface area contributed by atoms with Crippen molar-refractivity contribution in [1.29, 1.82) is 0 Å². The zero-order valence-corrected chi connectivity index (χ0v) is 28.9. The summed E-state index contributed by atoms with van der Waals surface area (Å²) in [5, 5.41) is 8.28. The van der Waals surface area contributed by atoms with Crippen molar-refractivity contribution >= 4 is 33.9 Å². The van der Waals surface area contributed by atoms with E-state index >= 15 is 0 Å². The highest BCUT2D eigenvalue weighted by Crippen LogP contribution is 2.47. The van der Waals surface area contributed by atoms with Gasteiger partial charge in [-0.15, -0.1) is 0 Å². The van der Waals surface area contributed by atoms with Crippen LogP contribution in [0.5, 0.6) is 5.75 Å². The van der Waals surface area contributed by atoms with Crippen LogP contribution in [0, 0.1) is 0 Å². The van der Waals surface area contributed by atoms with Gasteiger partial charge in [-0.3, -0.25) is 4.79 Å². The number of amides is 1. The third-order valence-corrected chi connectivity index (χ3v) is 8.27. The molecule has 0 atom stereocenters. The van der Waals surface area contributed by atoms with Gasteiger partial charge in [-0.1, -0.05) is 0 Å². The second-order valence-electron chi connectivity index (χ2n) is 12.1. The lowest BCUT2D eigenvalue weighted by atomic mass is 9.92. The number of hydrogen-bond acceptors (Lipinski definition) is 8. The number of rotatable bonds is 15. The minimum absolute atomic E-state index is 0.0643. The average Bonchev–Trinajstić information content (AvgIpc) is 3.04. The van der Waals surface area contributed by atoms with Crippen molar-refractivity contribution in [1.82, 2.24) is 15.2 Å². The molecule has 0 saturated heterocycles. The molecule has 0 saturated carbocycles. The molecule has 248 valence electrons. The first-order chi connectivity index (χ1) is 22.1. The average molecular weight is 631 g/mol. The van der Waals surface area contributed by atoms with Gasteiger partial charge in [0.1, 0.15) is 31.2 Å². The molecule has 0 aromatic heterocycles. The van der Waals surface area contributed by atoms with E-state index in [0.717, 1.165) is 94.2 Å². The Morgan fingerprint density at radius 1 is 0.935 bits per heavy atom. The van der Waals surface area contributed by atoms with Crippen LogP contribution in [0.3, 0.4) is 0 Å². The number of ether oxygens (including phenoxy) is 1. The summed E-state index contributed by atoms with van der Waals surface area (Å²) in [7, 11) is 14.0. The summed E-state index contributed by atoms with van der Waals surface area (Å²) >= 11 is 0. The fourth-order valence-corrected chi connectivity index (χ4v) is 5.73. The monoisotopic (exact) mass is 630 g/mol. The summed E-state index contributed by atoms with van der Waals surface area (Å²) in [5.41, 5.74) is 12.6. The SMILES string of the molecule is CCN(CCCC(=O)NCCNCCN)c1cc(OC)c(-c2c3ccc(=[N+](C)C)cc-3oc3cc(N(C)C)ccc23)cc1N(C)C. The van der Waals surface area contributed by atoms with Gasteiger partial charge in [-0.25, -0.2) is 4.58 Å². The van der Waals surface area contributed by atoms with E-state index in [0.29, 0.717) is 19.5 Å². The first kappa shape index (κ1) is 34.6. The van der Waals surface area contributed by atoms with E-state index in [1.165, 1.54) is 0 Å². The summed E-state index contributed by atoms with van der Waals surface area (Å²) in [6.45, 7) is 6.34. The number of nitrogens with one attached hydrogen (secondary N) is 2. The molecule has 4 rings (SSSR count). The highest BCUT2D eigenvalue weighted by molar-refractivity contribution is 6.05. The van der Waals surface area contributed by atoms with Gasteiger partial charge in [0.25, 0.3) is 0 Å². The third-order valence-electron chi connectivity index (χ3n) is 8.27. The minimum atomic E-state index is 0.0643. The van der Waals surface area contributed by atoms with Gasteiger partial charge in [0.15, 0.2) is 0 Å². The van der Waals surface area contributed by atoms with E-state index in [-0.39, 0.29) is 5.91 Å². The molecule has 10 heteroatoms. The van der Waals surface area contributed by atoms with Gasteiger partial charge in [0, 0.05) is 120 Å². The molecule has 10 nitrogen and oxygen atoms in total. The fraction of sp³-hybridized carbons (Fsp3) is 0.444. The number of nitrogens with two attached hydrogens (primary N) is 1.